The van der Waals surface area contributed by atoms with Crippen molar-refractivity contribution in [3.8, 4) is 0 Å². The molecule has 5 rings (SSSR count). The molecule has 0 aliphatic heterocycles. The van der Waals surface area contributed by atoms with Crippen molar-refractivity contribution < 1.29 is 35.1 Å². The predicted molar refractivity (Wildman–Crippen MR) is 137 cm³/mol. The Labute approximate surface area is 220 Å². The van der Waals surface area contributed by atoms with E-state index in [1.165, 1.54) is 0 Å². The number of carbonyl (C=O) groups is 2. The number of aliphatic carboxylic acids is 2. The third-order valence-corrected chi connectivity index (χ3v) is 13.1. The molecule has 208 valence electrons. The van der Waals surface area contributed by atoms with Gasteiger partial charge in [0.15, 0.2) is 0 Å². The minimum atomic E-state index is -1.46. The van der Waals surface area contributed by atoms with Gasteiger partial charge in [0, 0.05) is 5.41 Å². The third kappa shape index (κ3) is 3.17. The van der Waals surface area contributed by atoms with Crippen molar-refractivity contribution in [3.05, 3.63) is 11.6 Å². The summed E-state index contributed by atoms with van der Waals surface area (Å²) in [6, 6.07) is 0. The zero-order valence-electron chi connectivity index (χ0n) is 23.1. The number of rotatable bonds is 3. The van der Waals surface area contributed by atoms with Crippen LogP contribution in [0.2, 0.25) is 0 Å². The topological polar surface area (TPSA) is 135 Å². The fraction of sp³-hybridized carbons (Fsp3) is 0.867. The highest BCUT2D eigenvalue weighted by molar-refractivity contribution is 5.77. The van der Waals surface area contributed by atoms with Gasteiger partial charge in [0.2, 0.25) is 0 Å². The minimum absolute atomic E-state index is 0.00408. The summed E-state index contributed by atoms with van der Waals surface area (Å²) >= 11 is 0. The highest BCUT2D eigenvalue weighted by Gasteiger charge is 2.72. The molecule has 0 radical (unpaired) electrons. The molecule has 7 heteroatoms. The summed E-state index contributed by atoms with van der Waals surface area (Å²) in [6.45, 7) is 10.3. The number of allylic oxidation sites excluding steroid dienone is 1. The predicted octanol–water partition coefficient (Wildman–Crippen LogP) is 4.24. The van der Waals surface area contributed by atoms with E-state index in [1.54, 1.807) is 6.92 Å². The average molecular weight is 519 g/mol. The minimum Gasteiger partial charge on any atom is -0.481 e. The van der Waals surface area contributed by atoms with E-state index in [-0.39, 0.29) is 35.2 Å². The molecule has 37 heavy (non-hydrogen) atoms. The van der Waals surface area contributed by atoms with E-state index in [4.69, 9.17) is 0 Å². The van der Waals surface area contributed by atoms with Crippen molar-refractivity contribution in [2.24, 2.45) is 50.2 Å². The Morgan fingerprint density at radius 3 is 2.14 bits per heavy atom. The summed E-state index contributed by atoms with van der Waals surface area (Å²) in [5.74, 6) is -2.22. The summed E-state index contributed by atoms with van der Waals surface area (Å²) in [4.78, 5) is 25.4. The summed E-state index contributed by atoms with van der Waals surface area (Å²) in [5.41, 5.74) is -2.59. The maximum absolute atomic E-state index is 12.8. The van der Waals surface area contributed by atoms with Gasteiger partial charge in [-0.15, -0.1) is 0 Å². The molecule has 0 bridgehead atoms. The van der Waals surface area contributed by atoms with Crippen LogP contribution in [0.5, 0.6) is 0 Å². The lowest BCUT2D eigenvalue weighted by molar-refractivity contribution is -0.244. The molecule has 0 aromatic rings. The summed E-state index contributed by atoms with van der Waals surface area (Å²) < 4.78 is 0. The van der Waals surface area contributed by atoms with Crippen molar-refractivity contribution >= 4 is 11.9 Å². The quantitative estimate of drug-likeness (QED) is 0.353. The summed E-state index contributed by atoms with van der Waals surface area (Å²) in [6.07, 6.45) is 5.50. The van der Waals surface area contributed by atoms with Crippen LogP contribution in [0.1, 0.15) is 92.4 Å². The van der Waals surface area contributed by atoms with Crippen LogP contribution in [0.3, 0.4) is 0 Å². The molecule has 4 saturated carbocycles. The van der Waals surface area contributed by atoms with E-state index in [9.17, 15) is 35.1 Å². The van der Waals surface area contributed by atoms with Crippen molar-refractivity contribution in [2.45, 2.75) is 105 Å². The number of aliphatic hydroxyl groups excluding tert-OH is 3. The highest BCUT2D eigenvalue weighted by atomic mass is 16.4. The molecule has 0 heterocycles. The first-order valence-electron chi connectivity index (χ1n) is 14.2. The molecule has 5 unspecified atom stereocenters. The van der Waals surface area contributed by atoms with Gasteiger partial charge in [0.1, 0.15) is 0 Å². The number of carboxylic acid groups (broad SMARTS) is 2. The van der Waals surface area contributed by atoms with E-state index in [1.807, 2.05) is 0 Å². The van der Waals surface area contributed by atoms with Gasteiger partial charge >= 0.3 is 11.9 Å². The van der Waals surface area contributed by atoms with Gasteiger partial charge in [0.25, 0.3) is 0 Å². The van der Waals surface area contributed by atoms with Gasteiger partial charge in [-0.25, -0.2) is 0 Å². The molecule has 5 aliphatic carbocycles. The molecule has 0 amide bonds. The molecular weight excluding hydrogens is 472 g/mol. The second-order valence-corrected chi connectivity index (χ2v) is 14.9. The molecule has 10 atom stereocenters. The fourth-order valence-electron chi connectivity index (χ4n) is 10.9. The van der Waals surface area contributed by atoms with Crippen LogP contribution >= 0.6 is 0 Å². The van der Waals surface area contributed by atoms with Crippen LogP contribution in [-0.2, 0) is 9.59 Å². The van der Waals surface area contributed by atoms with Crippen molar-refractivity contribution in [1.29, 1.82) is 0 Å². The second kappa shape index (κ2) is 8.04. The Morgan fingerprint density at radius 2 is 1.54 bits per heavy atom. The SMILES string of the molecule is CC1(C)CC[C@]2(C(=O)O)CC[C@]3(CO)C(=CCC4[C@@]5(C)CC(O)C(O)[C@@](C)(C(=O)O)C5CC[C@]43C)C2C1. The monoisotopic (exact) mass is 518 g/mol. The van der Waals surface area contributed by atoms with Crippen molar-refractivity contribution in [1.82, 2.24) is 0 Å². The van der Waals surface area contributed by atoms with E-state index in [2.05, 4.69) is 33.8 Å². The van der Waals surface area contributed by atoms with Crippen LogP contribution in [0.15, 0.2) is 11.6 Å². The van der Waals surface area contributed by atoms with Crippen LogP contribution in [-0.4, -0.2) is 56.3 Å². The maximum atomic E-state index is 12.8. The normalized spacial score (nSPS) is 52.5. The molecular formula is C30H46O7. The first-order valence-corrected chi connectivity index (χ1v) is 14.2. The zero-order valence-corrected chi connectivity index (χ0v) is 23.1. The molecule has 4 fully saturated rings. The molecule has 5 N–H and O–H groups in total. The van der Waals surface area contributed by atoms with Gasteiger partial charge in [0.05, 0.1) is 29.6 Å². The fourth-order valence-corrected chi connectivity index (χ4v) is 10.9. The zero-order chi connectivity index (χ0) is 27.4. The third-order valence-electron chi connectivity index (χ3n) is 13.1. The van der Waals surface area contributed by atoms with Crippen LogP contribution in [0, 0.1) is 50.2 Å². The Hall–Kier alpha value is -1.44. The Balaban J connectivity index is 1.65. The standard InChI is InChI=1S/C30H46O7/c1-25(2)10-11-29(24(36)37)12-13-30(16-31)17(18(29)14-25)6-7-20-26(3)15-19(32)22(33)28(5,23(34)35)21(26)8-9-27(20,30)4/h6,18-22,31-33H,7-16H2,1-5H3,(H,34,35)(H,36,37)/t18?,19?,20?,21?,22?,26-,27-,28+,29+,30+/m1/s1. The Kier molecular flexibility index (Phi) is 5.90. The van der Waals surface area contributed by atoms with Gasteiger partial charge in [-0.2, -0.15) is 0 Å². The largest absolute Gasteiger partial charge is 0.481 e. The molecule has 0 spiro atoms. The lowest BCUT2D eigenvalue weighted by Gasteiger charge is -2.71. The smallest absolute Gasteiger partial charge is 0.312 e. The lowest BCUT2D eigenvalue weighted by Crippen LogP contribution is -2.69. The summed E-state index contributed by atoms with van der Waals surface area (Å²) in [5, 5.41) is 53.8. The molecule has 5 aliphatic rings. The highest BCUT2D eigenvalue weighted by Crippen LogP contribution is 2.75. The molecule has 0 saturated heterocycles. The van der Waals surface area contributed by atoms with Gasteiger partial charge in [-0.1, -0.05) is 39.3 Å². The molecule has 0 aromatic heterocycles. The molecule has 0 aromatic carbocycles. The lowest BCUT2D eigenvalue weighted by atomic mass is 9.33. The number of carboxylic acids is 2. The second-order valence-electron chi connectivity index (χ2n) is 14.9. The number of hydrogen-bond acceptors (Lipinski definition) is 5. The number of aliphatic hydroxyl groups is 3. The van der Waals surface area contributed by atoms with Crippen LogP contribution < -0.4 is 0 Å². The molecule has 7 nitrogen and oxygen atoms in total. The van der Waals surface area contributed by atoms with Crippen LogP contribution in [0.4, 0.5) is 0 Å². The average Bonchev–Trinajstić information content (AvgIpc) is 2.81. The van der Waals surface area contributed by atoms with Crippen LogP contribution in [0.25, 0.3) is 0 Å². The summed E-state index contributed by atoms with van der Waals surface area (Å²) in [7, 11) is 0. The van der Waals surface area contributed by atoms with Crippen molar-refractivity contribution in [2.75, 3.05) is 6.61 Å². The van der Waals surface area contributed by atoms with Gasteiger partial charge in [-0.05, 0) is 98.7 Å². The number of fused-ring (bicyclic) bond motifs is 7. The maximum Gasteiger partial charge on any atom is 0.312 e. The Morgan fingerprint density at radius 1 is 0.892 bits per heavy atom. The van der Waals surface area contributed by atoms with E-state index < -0.39 is 45.8 Å². The first kappa shape index (κ1) is 27.1. The Bertz CT molecular complexity index is 1030. The first-order chi connectivity index (χ1) is 17.1. The van der Waals surface area contributed by atoms with Gasteiger partial charge < -0.3 is 25.5 Å². The van der Waals surface area contributed by atoms with E-state index in [0.717, 1.165) is 18.4 Å². The van der Waals surface area contributed by atoms with E-state index in [0.29, 0.717) is 44.9 Å². The van der Waals surface area contributed by atoms with Gasteiger partial charge in [-0.3, -0.25) is 9.59 Å². The van der Waals surface area contributed by atoms with E-state index >= 15 is 0 Å². The van der Waals surface area contributed by atoms with Crippen molar-refractivity contribution in [3.63, 3.8) is 0 Å². The number of hydrogen-bond donors (Lipinski definition) is 5.